The van der Waals surface area contributed by atoms with Crippen molar-refractivity contribution >= 4 is 40.6 Å². The van der Waals surface area contributed by atoms with E-state index in [0.29, 0.717) is 17.8 Å². The summed E-state index contributed by atoms with van der Waals surface area (Å²) in [6.45, 7) is 5.95. The van der Waals surface area contributed by atoms with E-state index in [-0.39, 0.29) is 17.6 Å². The van der Waals surface area contributed by atoms with Gasteiger partial charge in [-0.25, -0.2) is 4.98 Å². The van der Waals surface area contributed by atoms with Crippen molar-refractivity contribution in [2.75, 3.05) is 11.6 Å². The van der Waals surface area contributed by atoms with Gasteiger partial charge in [-0.15, -0.1) is 23.1 Å². The Labute approximate surface area is 185 Å². The predicted molar refractivity (Wildman–Crippen MR) is 123 cm³/mol. The second-order valence-corrected chi connectivity index (χ2v) is 10.1. The molecule has 2 aromatic rings. The molecule has 1 amide bonds. The molecule has 5 nitrogen and oxygen atoms in total. The number of ketones is 1. The zero-order valence-electron chi connectivity index (χ0n) is 17.6. The summed E-state index contributed by atoms with van der Waals surface area (Å²) in [4.78, 5) is 32.0. The molecule has 0 fully saturated rings. The molecule has 0 unspecified atom stereocenters. The highest BCUT2D eigenvalue weighted by Crippen LogP contribution is 2.47. The minimum atomic E-state index is -0.355. The summed E-state index contributed by atoms with van der Waals surface area (Å²) in [5.74, 6) is 0.0757. The molecule has 3 heterocycles. The number of dihydropyridines is 1. The number of thioether (sulfide) groups is 1. The van der Waals surface area contributed by atoms with Gasteiger partial charge < -0.3 is 10.6 Å². The van der Waals surface area contributed by atoms with E-state index < -0.39 is 0 Å². The van der Waals surface area contributed by atoms with Gasteiger partial charge in [0, 0.05) is 46.0 Å². The summed E-state index contributed by atoms with van der Waals surface area (Å²) in [6.07, 6.45) is 5.93. The second kappa shape index (κ2) is 8.40. The van der Waals surface area contributed by atoms with Crippen molar-refractivity contribution in [1.82, 2.24) is 10.3 Å². The molecule has 1 aliphatic carbocycles. The fourth-order valence-corrected chi connectivity index (χ4v) is 6.17. The minimum Gasteiger partial charge on any atom is -0.362 e. The van der Waals surface area contributed by atoms with Crippen LogP contribution in [-0.4, -0.2) is 22.9 Å². The summed E-state index contributed by atoms with van der Waals surface area (Å²) >= 11 is 3.38. The third-order valence-corrected chi connectivity index (χ3v) is 7.74. The molecule has 2 N–H and O–H groups in total. The third-order valence-electron chi connectivity index (χ3n) is 5.52. The molecule has 2 aliphatic rings. The number of nitrogens with one attached hydrogen (secondary N) is 2. The number of Topliss-reactive ketones (excluding diaryl/α,β-unsaturated/α-hetero) is 1. The Morgan fingerprint density at radius 3 is 2.80 bits per heavy atom. The average Bonchev–Trinajstić information content (AvgIpc) is 3.07. The Kier molecular flexibility index (Phi) is 5.84. The van der Waals surface area contributed by atoms with Gasteiger partial charge in [0.25, 0.3) is 5.91 Å². The molecule has 7 heteroatoms. The standard InChI is InChI=1S/C23H25N3O2S2/c1-12-8-9-24-18(10-12)26-22(28)19-14(3)25-16-6-5-7-17(27)21(16)20(19)15-11-13(2)30-23(15)29-4/h8-11,20,25H,5-7H2,1-4H3,(H,24,26,28)/t20-/m1/s1. The monoisotopic (exact) mass is 439 g/mol. The van der Waals surface area contributed by atoms with Crippen LogP contribution in [0.15, 0.2) is 51.1 Å². The van der Waals surface area contributed by atoms with Crippen molar-refractivity contribution < 1.29 is 9.59 Å². The van der Waals surface area contributed by atoms with Crippen LogP contribution in [0.3, 0.4) is 0 Å². The van der Waals surface area contributed by atoms with E-state index >= 15 is 0 Å². The minimum absolute atomic E-state index is 0.135. The molecular formula is C23H25N3O2S2. The molecule has 2 aromatic heterocycles. The van der Waals surface area contributed by atoms with Crippen molar-refractivity contribution in [2.24, 2.45) is 0 Å². The van der Waals surface area contributed by atoms with Gasteiger partial charge in [0.1, 0.15) is 5.82 Å². The maximum Gasteiger partial charge on any atom is 0.255 e. The van der Waals surface area contributed by atoms with Crippen LogP contribution in [0, 0.1) is 13.8 Å². The first-order valence-corrected chi connectivity index (χ1v) is 12.1. The van der Waals surface area contributed by atoms with Crippen molar-refractivity contribution in [3.63, 3.8) is 0 Å². The van der Waals surface area contributed by atoms with Gasteiger partial charge in [-0.3, -0.25) is 9.59 Å². The van der Waals surface area contributed by atoms with Gasteiger partial charge in [-0.05, 0) is 69.2 Å². The Bertz CT molecular complexity index is 1100. The molecule has 0 saturated heterocycles. The number of carbonyl (C=O) groups excluding carboxylic acids is 2. The van der Waals surface area contributed by atoms with Gasteiger partial charge in [0.15, 0.2) is 5.78 Å². The van der Waals surface area contributed by atoms with E-state index in [1.54, 1.807) is 29.3 Å². The number of aryl methyl sites for hydroxylation is 2. The van der Waals surface area contributed by atoms with Crippen LogP contribution in [-0.2, 0) is 9.59 Å². The zero-order valence-corrected chi connectivity index (χ0v) is 19.2. The topological polar surface area (TPSA) is 71.1 Å². The number of carbonyl (C=O) groups is 2. The lowest BCUT2D eigenvalue weighted by Gasteiger charge is -2.34. The number of anilines is 1. The number of amides is 1. The Balaban J connectivity index is 1.82. The fraction of sp³-hybridized carbons (Fsp3) is 0.348. The Morgan fingerprint density at radius 2 is 2.07 bits per heavy atom. The lowest BCUT2D eigenvalue weighted by molar-refractivity contribution is -0.116. The first-order chi connectivity index (χ1) is 14.4. The molecule has 0 saturated carbocycles. The summed E-state index contributed by atoms with van der Waals surface area (Å²) in [7, 11) is 0. The second-order valence-electron chi connectivity index (χ2n) is 7.74. The van der Waals surface area contributed by atoms with Crippen LogP contribution in [0.1, 0.15) is 48.1 Å². The highest BCUT2D eigenvalue weighted by molar-refractivity contribution is 8.00. The molecule has 156 valence electrons. The van der Waals surface area contributed by atoms with Crippen LogP contribution < -0.4 is 10.6 Å². The van der Waals surface area contributed by atoms with Crippen LogP contribution >= 0.6 is 23.1 Å². The number of allylic oxidation sites excluding steroid dienone is 3. The molecule has 0 radical (unpaired) electrons. The number of rotatable bonds is 4. The lowest BCUT2D eigenvalue weighted by atomic mass is 9.75. The normalized spacial score (nSPS) is 18.9. The first-order valence-electron chi connectivity index (χ1n) is 10.0. The first kappa shape index (κ1) is 20.9. The lowest BCUT2D eigenvalue weighted by Crippen LogP contribution is -2.35. The maximum atomic E-state index is 13.5. The van der Waals surface area contributed by atoms with Gasteiger partial charge >= 0.3 is 0 Å². The third kappa shape index (κ3) is 3.84. The van der Waals surface area contributed by atoms with Gasteiger partial charge in [-0.2, -0.15) is 0 Å². The largest absolute Gasteiger partial charge is 0.362 e. The molecule has 4 rings (SSSR count). The number of hydrogen-bond acceptors (Lipinski definition) is 6. The number of thiophene rings is 1. The molecular weight excluding hydrogens is 414 g/mol. The quantitative estimate of drug-likeness (QED) is 0.650. The highest BCUT2D eigenvalue weighted by atomic mass is 32.2. The summed E-state index contributed by atoms with van der Waals surface area (Å²) < 4.78 is 1.15. The highest BCUT2D eigenvalue weighted by Gasteiger charge is 2.40. The van der Waals surface area contributed by atoms with Crippen LogP contribution in [0.25, 0.3) is 0 Å². The van der Waals surface area contributed by atoms with E-state index in [2.05, 4.69) is 28.6 Å². The zero-order chi connectivity index (χ0) is 21.4. The molecule has 1 aliphatic heterocycles. The average molecular weight is 440 g/mol. The van der Waals surface area contributed by atoms with E-state index in [9.17, 15) is 9.59 Å². The van der Waals surface area contributed by atoms with Crippen LogP contribution in [0.5, 0.6) is 0 Å². The van der Waals surface area contributed by atoms with E-state index in [1.807, 2.05) is 32.2 Å². The number of aromatic nitrogens is 1. The van der Waals surface area contributed by atoms with Gasteiger partial charge in [0.2, 0.25) is 0 Å². The van der Waals surface area contributed by atoms with Crippen LogP contribution in [0.4, 0.5) is 5.82 Å². The van der Waals surface area contributed by atoms with E-state index in [0.717, 1.165) is 45.1 Å². The van der Waals surface area contributed by atoms with Gasteiger partial charge in [-0.1, -0.05) is 0 Å². The van der Waals surface area contributed by atoms with Gasteiger partial charge in [0.05, 0.1) is 4.21 Å². The summed E-state index contributed by atoms with van der Waals surface area (Å²) in [5, 5.41) is 6.33. The number of hydrogen-bond donors (Lipinski definition) is 2. The molecule has 0 aromatic carbocycles. The van der Waals surface area contributed by atoms with E-state index in [1.165, 1.54) is 4.88 Å². The maximum absolute atomic E-state index is 13.5. The molecule has 1 atom stereocenters. The van der Waals surface area contributed by atoms with Crippen LogP contribution in [0.2, 0.25) is 0 Å². The Hall–Kier alpha value is -2.38. The SMILES string of the molecule is CSc1sc(C)cc1[C@@H]1C(C(=O)Nc2cc(C)ccn2)=C(C)NC2=C1C(=O)CCC2. The van der Waals surface area contributed by atoms with E-state index in [4.69, 9.17) is 0 Å². The fourth-order valence-electron chi connectivity index (χ4n) is 4.26. The smallest absolute Gasteiger partial charge is 0.255 e. The van der Waals surface area contributed by atoms with Crippen molar-refractivity contribution in [2.45, 2.75) is 50.2 Å². The Morgan fingerprint density at radius 1 is 1.27 bits per heavy atom. The number of nitrogens with zero attached hydrogens (tertiary/aromatic N) is 1. The van der Waals surface area contributed by atoms with Crippen molar-refractivity contribution in [3.05, 3.63) is 62.9 Å². The molecule has 0 spiro atoms. The molecule has 0 bridgehead atoms. The summed E-state index contributed by atoms with van der Waals surface area (Å²) in [5.41, 5.74) is 5.19. The summed E-state index contributed by atoms with van der Waals surface area (Å²) in [6, 6.07) is 5.86. The van der Waals surface area contributed by atoms with Crippen molar-refractivity contribution in [1.29, 1.82) is 0 Å². The number of pyridine rings is 1. The van der Waals surface area contributed by atoms with Crippen molar-refractivity contribution in [3.8, 4) is 0 Å². The molecule has 30 heavy (non-hydrogen) atoms. The predicted octanol–water partition coefficient (Wildman–Crippen LogP) is 5.09.